The Morgan fingerprint density at radius 2 is 2.05 bits per heavy atom. The summed E-state index contributed by atoms with van der Waals surface area (Å²) in [6.45, 7) is 5.05. The number of hydrogen-bond donors (Lipinski definition) is 1. The van der Waals surface area contributed by atoms with Crippen LogP contribution in [0.15, 0.2) is 27.2 Å². The topological polar surface area (TPSA) is 47.3 Å². The average Bonchev–Trinajstić information content (AvgIpc) is 2.87. The molecule has 2 aromatic rings. The van der Waals surface area contributed by atoms with Crippen LogP contribution in [0.25, 0.3) is 0 Å². The maximum absolute atomic E-state index is 6.09. The van der Waals surface area contributed by atoms with Gasteiger partial charge in [0.15, 0.2) is 5.76 Å². The zero-order valence-electron chi connectivity index (χ0n) is 11.6. The standard InChI is InChI=1S/C14H15BrCl2N2O2/c1-8(2)18-6-9-3-10(21-19-9)7-20-14-5-12(16)11(15)4-13(14)17/h3-5,8,18H,6-7H2,1-2H3. The smallest absolute Gasteiger partial charge is 0.174 e. The summed E-state index contributed by atoms with van der Waals surface area (Å²) >= 11 is 15.4. The minimum absolute atomic E-state index is 0.242. The first-order valence-corrected chi connectivity index (χ1v) is 7.96. The van der Waals surface area contributed by atoms with Crippen LogP contribution >= 0.6 is 39.1 Å². The Kier molecular flexibility index (Phi) is 5.93. The van der Waals surface area contributed by atoms with Gasteiger partial charge in [0.05, 0.1) is 15.7 Å². The van der Waals surface area contributed by atoms with E-state index in [2.05, 4.69) is 40.3 Å². The molecule has 114 valence electrons. The maximum atomic E-state index is 6.09. The van der Waals surface area contributed by atoms with Crippen LogP contribution in [0.2, 0.25) is 10.0 Å². The van der Waals surface area contributed by atoms with Crippen molar-refractivity contribution in [2.75, 3.05) is 0 Å². The Morgan fingerprint density at radius 1 is 1.29 bits per heavy atom. The van der Waals surface area contributed by atoms with Crippen molar-refractivity contribution >= 4 is 39.1 Å². The van der Waals surface area contributed by atoms with E-state index in [1.165, 1.54) is 0 Å². The van der Waals surface area contributed by atoms with Gasteiger partial charge in [-0.1, -0.05) is 42.2 Å². The third kappa shape index (κ3) is 4.88. The molecule has 2 rings (SSSR count). The van der Waals surface area contributed by atoms with Crippen LogP contribution < -0.4 is 10.1 Å². The number of rotatable bonds is 6. The summed E-state index contributed by atoms with van der Waals surface area (Å²) in [4.78, 5) is 0. The minimum atomic E-state index is 0.242. The number of benzene rings is 1. The molecule has 0 atom stereocenters. The lowest BCUT2D eigenvalue weighted by Crippen LogP contribution is -2.21. The largest absolute Gasteiger partial charge is 0.484 e. The molecule has 1 aromatic carbocycles. The summed E-state index contributed by atoms with van der Waals surface area (Å²) in [7, 11) is 0. The van der Waals surface area contributed by atoms with Gasteiger partial charge < -0.3 is 14.6 Å². The van der Waals surface area contributed by atoms with Crippen LogP contribution in [-0.2, 0) is 13.2 Å². The van der Waals surface area contributed by atoms with Crippen molar-refractivity contribution in [3.8, 4) is 5.75 Å². The lowest BCUT2D eigenvalue weighted by Gasteiger charge is -2.07. The van der Waals surface area contributed by atoms with E-state index in [-0.39, 0.29) is 6.61 Å². The van der Waals surface area contributed by atoms with Gasteiger partial charge in [0.25, 0.3) is 0 Å². The zero-order chi connectivity index (χ0) is 15.4. The maximum Gasteiger partial charge on any atom is 0.174 e. The van der Waals surface area contributed by atoms with Crippen LogP contribution in [0.4, 0.5) is 0 Å². The highest BCUT2D eigenvalue weighted by atomic mass is 79.9. The third-order valence-corrected chi connectivity index (χ3v) is 4.14. The van der Waals surface area contributed by atoms with Crippen LogP contribution in [0.3, 0.4) is 0 Å². The van der Waals surface area contributed by atoms with Crippen molar-refractivity contribution in [1.29, 1.82) is 0 Å². The van der Waals surface area contributed by atoms with Crippen molar-refractivity contribution in [3.63, 3.8) is 0 Å². The Balaban J connectivity index is 1.96. The summed E-state index contributed by atoms with van der Waals surface area (Å²) in [6, 6.07) is 5.59. The summed E-state index contributed by atoms with van der Waals surface area (Å²) in [5.74, 6) is 1.13. The molecule has 0 saturated carbocycles. The van der Waals surface area contributed by atoms with Crippen LogP contribution in [0.5, 0.6) is 5.75 Å². The molecule has 4 nitrogen and oxygen atoms in total. The molecule has 1 heterocycles. The fourth-order valence-electron chi connectivity index (χ4n) is 1.58. The van der Waals surface area contributed by atoms with Gasteiger partial charge in [-0.3, -0.25) is 0 Å². The fourth-order valence-corrected chi connectivity index (χ4v) is 2.43. The summed E-state index contributed by atoms with van der Waals surface area (Å²) < 4.78 is 11.5. The van der Waals surface area contributed by atoms with E-state index in [0.717, 1.165) is 10.2 Å². The Labute approximate surface area is 141 Å². The molecular formula is C14H15BrCl2N2O2. The van der Waals surface area contributed by atoms with Crippen molar-refractivity contribution in [1.82, 2.24) is 10.5 Å². The predicted molar refractivity (Wildman–Crippen MR) is 87.0 cm³/mol. The first-order chi connectivity index (χ1) is 9.95. The van der Waals surface area contributed by atoms with Gasteiger partial charge in [-0.2, -0.15) is 0 Å². The summed E-state index contributed by atoms with van der Waals surface area (Å²) in [6.07, 6.45) is 0. The van der Waals surface area contributed by atoms with E-state index in [0.29, 0.717) is 34.1 Å². The molecule has 0 saturated heterocycles. The molecule has 0 aliphatic rings. The minimum Gasteiger partial charge on any atom is -0.484 e. The fraction of sp³-hybridized carbons (Fsp3) is 0.357. The highest BCUT2D eigenvalue weighted by Gasteiger charge is 2.10. The van der Waals surface area contributed by atoms with Crippen LogP contribution in [-0.4, -0.2) is 11.2 Å². The SMILES string of the molecule is CC(C)NCc1cc(COc2cc(Cl)c(Br)cc2Cl)on1. The van der Waals surface area contributed by atoms with E-state index < -0.39 is 0 Å². The van der Waals surface area contributed by atoms with Crippen LogP contribution in [0.1, 0.15) is 25.3 Å². The lowest BCUT2D eigenvalue weighted by molar-refractivity contribution is 0.248. The number of aromatic nitrogens is 1. The highest BCUT2D eigenvalue weighted by molar-refractivity contribution is 9.10. The van der Waals surface area contributed by atoms with Crippen molar-refractivity contribution in [2.45, 2.75) is 33.0 Å². The second-order valence-electron chi connectivity index (χ2n) is 4.81. The number of nitrogens with one attached hydrogen (secondary N) is 1. The molecule has 1 aromatic heterocycles. The molecule has 1 N–H and O–H groups in total. The highest BCUT2D eigenvalue weighted by Crippen LogP contribution is 2.34. The van der Waals surface area contributed by atoms with Gasteiger partial charge in [0, 0.05) is 29.2 Å². The van der Waals surface area contributed by atoms with Gasteiger partial charge in [0.1, 0.15) is 12.4 Å². The number of nitrogens with zero attached hydrogens (tertiary/aromatic N) is 1. The van der Waals surface area contributed by atoms with E-state index in [4.69, 9.17) is 32.5 Å². The van der Waals surface area contributed by atoms with Gasteiger partial charge in [0.2, 0.25) is 0 Å². The van der Waals surface area contributed by atoms with Crippen molar-refractivity contribution < 1.29 is 9.26 Å². The Morgan fingerprint density at radius 3 is 2.76 bits per heavy atom. The van der Waals surface area contributed by atoms with E-state index >= 15 is 0 Å². The first-order valence-electron chi connectivity index (χ1n) is 6.41. The number of halogens is 3. The van der Waals surface area contributed by atoms with Gasteiger partial charge in [-0.15, -0.1) is 0 Å². The van der Waals surface area contributed by atoms with Gasteiger partial charge in [-0.25, -0.2) is 0 Å². The quantitative estimate of drug-likeness (QED) is 0.714. The van der Waals surface area contributed by atoms with Crippen molar-refractivity contribution in [2.24, 2.45) is 0 Å². The molecule has 0 aliphatic carbocycles. The normalized spacial score (nSPS) is 11.1. The molecule has 21 heavy (non-hydrogen) atoms. The molecule has 0 amide bonds. The summed E-state index contributed by atoms with van der Waals surface area (Å²) in [5.41, 5.74) is 0.835. The molecule has 0 radical (unpaired) electrons. The van der Waals surface area contributed by atoms with Crippen LogP contribution in [0, 0.1) is 0 Å². The van der Waals surface area contributed by atoms with Crippen molar-refractivity contribution in [3.05, 3.63) is 44.2 Å². The number of ether oxygens (including phenoxy) is 1. The molecule has 0 aliphatic heterocycles. The molecule has 0 fully saturated rings. The molecule has 0 bridgehead atoms. The summed E-state index contributed by atoms with van der Waals surface area (Å²) in [5, 5.41) is 8.25. The zero-order valence-corrected chi connectivity index (χ0v) is 14.7. The Hall–Kier alpha value is -0.750. The molecular weight excluding hydrogens is 379 g/mol. The second-order valence-corrected chi connectivity index (χ2v) is 6.47. The molecule has 0 unspecified atom stereocenters. The average molecular weight is 394 g/mol. The van der Waals surface area contributed by atoms with E-state index in [1.807, 2.05) is 6.07 Å². The third-order valence-electron chi connectivity index (χ3n) is 2.64. The first kappa shape index (κ1) is 16.6. The monoisotopic (exact) mass is 392 g/mol. The van der Waals surface area contributed by atoms with E-state index in [1.54, 1.807) is 12.1 Å². The van der Waals surface area contributed by atoms with Gasteiger partial charge >= 0.3 is 0 Å². The van der Waals surface area contributed by atoms with E-state index in [9.17, 15) is 0 Å². The lowest BCUT2D eigenvalue weighted by atomic mass is 10.3. The van der Waals surface area contributed by atoms with Gasteiger partial charge in [-0.05, 0) is 22.0 Å². The Bertz CT molecular complexity index is 617. The molecule has 0 spiro atoms. The number of hydrogen-bond acceptors (Lipinski definition) is 4. The second kappa shape index (κ2) is 7.49. The molecule has 7 heteroatoms. The predicted octanol–water partition coefficient (Wildman–Crippen LogP) is 4.82.